The number of hydrogen-bond acceptors (Lipinski definition) is 6. The topological polar surface area (TPSA) is 175 Å². The van der Waals surface area contributed by atoms with Crippen LogP contribution in [0.1, 0.15) is 52.3 Å². The quantitative estimate of drug-likeness (QED) is 0.585. The SMILES string of the molecule is O=C(O)c1cc(C(=O)O)c2c(n1)C(=O)C(=O)c1[nH]c(C(=O)O)cc1-2. The number of aromatic carboxylic acids is 3. The van der Waals surface area contributed by atoms with E-state index in [9.17, 15) is 29.1 Å². The minimum Gasteiger partial charge on any atom is -0.478 e. The lowest BCUT2D eigenvalue weighted by atomic mass is 9.88. The van der Waals surface area contributed by atoms with Crippen LogP contribution >= 0.6 is 0 Å². The predicted molar refractivity (Wildman–Crippen MR) is 73.6 cm³/mol. The van der Waals surface area contributed by atoms with Crippen molar-refractivity contribution in [1.29, 1.82) is 0 Å². The summed E-state index contributed by atoms with van der Waals surface area (Å²) in [6.07, 6.45) is 0. The first kappa shape index (κ1) is 15.1. The van der Waals surface area contributed by atoms with E-state index < -0.39 is 52.1 Å². The van der Waals surface area contributed by atoms with E-state index in [4.69, 9.17) is 10.2 Å². The summed E-state index contributed by atoms with van der Waals surface area (Å²) < 4.78 is 0. The third-order valence-electron chi connectivity index (χ3n) is 3.43. The van der Waals surface area contributed by atoms with Crippen molar-refractivity contribution in [2.24, 2.45) is 0 Å². The van der Waals surface area contributed by atoms with E-state index in [1.807, 2.05) is 0 Å². The van der Waals surface area contributed by atoms with Crippen LogP contribution in [0.5, 0.6) is 0 Å². The first-order valence-corrected chi connectivity index (χ1v) is 6.29. The zero-order valence-electron chi connectivity index (χ0n) is 11.5. The number of H-pyrrole nitrogens is 1. The minimum absolute atomic E-state index is 0.131. The van der Waals surface area contributed by atoms with Gasteiger partial charge in [-0.1, -0.05) is 0 Å². The zero-order chi connectivity index (χ0) is 17.8. The Morgan fingerprint density at radius 3 is 2.12 bits per heavy atom. The summed E-state index contributed by atoms with van der Waals surface area (Å²) in [6.45, 7) is 0. The van der Waals surface area contributed by atoms with Crippen LogP contribution in [0.2, 0.25) is 0 Å². The van der Waals surface area contributed by atoms with Gasteiger partial charge in [-0.05, 0) is 12.1 Å². The highest BCUT2D eigenvalue weighted by Gasteiger charge is 2.38. The molecule has 0 aliphatic heterocycles. The third-order valence-corrected chi connectivity index (χ3v) is 3.43. The van der Waals surface area contributed by atoms with E-state index in [1.165, 1.54) is 0 Å². The lowest BCUT2D eigenvalue weighted by molar-refractivity contribution is 0.0675. The van der Waals surface area contributed by atoms with Crippen molar-refractivity contribution in [2.45, 2.75) is 0 Å². The van der Waals surface area contributed by atoms with E-state index in [2.05, 4.69) is 9.97 Å². The van der Waals surface area contributed by atoms with Gasteiger partial charge in [-0.25, -0.2) is 19.4 Å². The van der Waals surface area contributed by atoms with Crippen molar-refractivity contribution < 1.29 is 39.3 Å². The molecule has 2 aromatic heterocycles. The molecule has 0 unspecified atom stereocenters. The Hall–Kier alpha value is -3.82. The van der Waals surface area contributed by atoms with Gasteiger partial charge < -0.3 is 20.3 Å². The van der Waals surface area contributed by atoms with Gasteiger partial charge in [0.2, 0.25) is 0 Å². The van der Waals surface area contributed by atoms with Crippen molar-refractivity contribution in [3.05, 3.63) is 40.5 Å². The number of Topliss-reactive ketones (excluding diaryl/α,β-unsaturated/α-hetero) is 2. The highest BCUT2D eigenvalue weighted by atomic mass is 16.4. The van der Waals surface area contributed by atoms with Crippen LogP contribution in [0, 0.1) is 0 Å². The fourth-order valence-electron chi connectivity index (χ4n) is 2.43. The van der Waals surface area contributed by atoms with Crippen LogP contribution in [0.15, 0.2) is 12.1 Å². The summed E-state index contributed by atoms with van der Waals surface area (Å²) in [6, 6.07) is 1.74. The van der Waals surface area contributed by atoms with Crippen LogP contribution in [0.25, 0.3) is 11.1 Å². The number of rotatable bonds is 3. The number of hydrogen-bond donors (Lipinski definition) is 4. The molecule has 0 radical (unpaired) electrons. The van der Waals surface area contributed by atoms with Gasteiger partial charge in [0.15, 0.2) is 0 Å². The Labute approximate surface area is 131 Å². The number of pyridine rings is 1. The van der Waals surface area contributed by atoms with Gasteiger partial charge in [0.25, 0.3) is 11.6 Å². The second-order valence-electron chi connectivity index (χ2n) is 4.82. The van der Waals surface area contributed by atoms with Gasteiger partial charge in [-0.2, -0.15) is 0 Å². The minimum atomic E-state index is -1.58. The van der Waals surface area contributed by atoms with Gasteiger partial charge in [-0.3, -0.25) is 9.59 Å². The molecular formula is C14H6N2O8. The van der Waals surface area contributed by atoms with Gasteiger partial charge in [0.05, 0.1) is 11.3 Å². The van der Waals surface area contributed by atoms with Crippen molar-refractivity contribution >= 4 is 29.5 Å². The van der Waals surface area contributed by atoms with Crippen molar-refractivity contribution in [2.75, 3.05) is 0 Å². The van der Waals surface area contributed by atoms with E-state index in [0.717, 1.165) is 12.1 Å². The molecule has 0 atom stereocenters. The number of aromatic amines is 1. The molecule has 0 aromatic carbocycles. The number of ketones is 2. The molecule has 10 nitrogen and oxygen atoms in total. The molecular weight excluding hydrogens is 324 g/mol. The molecule has 0 bridgehead atoms. The first-order chi connectivity index (χ1) is 11.2. The lowest BCUT2D eigenvalue weighted by Gasteiger charge is -2.16. The Balaban J connectivity index is 2.43. The largest absolute Gasteiger partial charge is 0.478 e. The average molecular weight is 330 g/mol. The number of carboxylic acids is 3. The van der Waals surface area contributed by atoms with E-state index in [1.54, 1.807) is 0 Å². The summed E-state index contributed by atoms with van der Waals surface area (Å²) in [5.74, 6) is -6.90. The molecule has 120 valence electrons. The molecule has 3 rings (SSSR count). The molecule has 10 heteroatoms. The Morgan fingerprint density at radius 1 is 0.917 bits per heavy atom. The Bertz CT molecular complexity index is 985. The normalized spacial score (nSPS) is 12.5. The van der Waals surface area contributed by atoms with E-state index >= 15 is 0 Å². The van der Waals surface area contributed by atoms with Crippen LogP contribution in [0.3, 0.4) is 0 Å². The first-order valence-electron chi connectivity index (χ1n) is 6.29. The van der Waals surface area contributed by atoms with E-state index in [0.29, 0.717) is 0 Å². The Morgan fingerprint density at radius 2 is 1.58 bits per heavy atom. The maximum atomic E-state index is 12.1. The average Bonchev–Trinajstić information content (AvgIpc) is 2.96. The van der Waals surface area contributed by atoms with Crippen LogP contribution in [-0.4, -0.2) is 54.8 Å². The molecule has 4 N–H and O–H groups in total. The van der Waals surface area contributed by atoms with Crippen LogP contribution < -0.4 is 0 Å². The van der Waals surface area contributed by atoms with Crippen LogP contribution in [0.4, 0.5) is 0 Å². The summed E-state index contributed by atoms with van der Waals surface area (Å²) in [5, 5.41) is 27.3. The zero-order valence-corrected chi connectivity index (χ0v) is 11.5. The second kappa shape index (κ2) is 4.84. The fourth-order valence-corrected chi connectivity index (χ4v) is 2.43. The van der Waals surface area contributed by atoms with Gasteiger partial charge in [0, 0.05) is 11.1 Å². The number of nitrogens with one attached hydrogen (secondary N) is 1. The summed E-state index contributed by atoms with van der Waals surface area (Å²) >= 11 is 0. The second-order valence-corrected chi connectivity index (χ2v) is 4.82. The molecule has 0 fully saturated rings. The smallest absolute Gasteiger partial charge is 0.354 e. The molecule has 1 aliphatic carbocycles. The molecule has 0 spiro atoms. The number of nitrogens with zero attached hydrogens (tertiary/aromatic N) is 1. The summed E-state index contributed by atoms with van der Waals surface area (Å²) in [5.41, 5.74) is -3.16. The van der Waals surface area contributed by atoms with Gasteiger partial charge in [-0.15, -0.1) is 0 Å². The highest BCUT2D eigenvalue weighted by Crippen LogP contribution is 2.36. The number of carboxylic acid groups (broad SMARTS) is 3. The van der Waals surface area contributed by atoms with E-state index in [-0.39, 0.29) is 16.8 Å². The summed E-state index contributed by atoms with van der Waals surface area (Å²) in [7, 11) is 0. The Kier molecular flexibility index (Phi) is 3.04. The van der Waals surface area contributed by atoms with Crippen molar-refractivity contribution in [3.63, 3.8) is 0 Å². The van der Waals surface area contributed by atoms with Gasteiger partial charge in [0.1, 0.15) is 17.1 Å². The summed E-state index contributed by atoms with van der Waals surface area (Å²) in [4.78, 5) is 63.5. The molecule has 0 amide bonds. The molecule has 1 aliphatic rings. The fraction of sp³-hybridized carbons (Fsp3) is 0. The lowest BCUT2D eigenvalue weighted by Crippen LogP contribution is -2.25. The van der Waals surface area contributed by atoms with Gasteiger partial charge >= 0.3 is 17.9 Å². The number of fused-ring (bicyclic) bond motifs is 3. The maximum absolute atomic E-state index is 12.1. The standard InChI is InChI=1S/C14H6N2O8/c17-10-8-3(1-5(15-8)13(21)22)7-4(12(19)20)2-6(14(23)24)16-9(7)11(10)18/h1-2,15H,(H,19,20)(H,21,22)(H,23,24). The number of carbonyl (C=O) groups is 5. The maximum Gasteiger partial charge on any atom is 0.354 e. The molecule has 24 heavy (non-hydrogen) atoms. The monoisotopic (exact) mass is 330 g/mol. The molecule has 2 aromatic rings. The number of carbonyl (C=O) groups excluding carboxylic acids is 2. The molecule has 0 saturated heterocycles. The predicted octanol–water partition coefficient (Wildman–Crippen LogP) is 0.550. The van der Waals surface area contributed by atoms with Crippen molar-refractivity contribution in [1.82, 2.24) is 9.97 Å². The third kappa shape index (κ3) is 1.97. The number of aromatic nitrogens is 2. The molecule has 0 saturated carbocycles. The highest BCUT2D eigenvalue weighted by molar-refractivity contribution is 6.52. The van der Waals surface area contributed by atoms with Crippen LogP contribution in [-0.2, 0) is 0 Å². The van der Waals surface area contributed by atoms with Crippen molar-refractivity contribution in [3.8, 4) is 11.1 Å². The molecule has 2 heterocycles.